The molecule has 0 saturated heterocycles. The lowest BCUT2D eigenvalue weighted by Gasteiger charge is -2.16. The van der Waals surface area contributed by atoms with Crippen molar-refractivity contribution < 1.29 is 19.0 Å². The highest BCUT2D eigenvalue weighted by molar-refractivity contribution is 5.92. The van der Waals surface area contributed by atoms with Gasteiger partial charge in [-0.1, -0.05) is 36.9 Å². The molecule has 2 aromatic rings. The number of likely N-dealkylation sites (N-methyl/N-ethyl adjacent to an activating group) is 1. The predicted octanol–water partition coefficient (Wildman–Crippen LogP) is 3.94. The van der Waals surface area contributed by atoms with Crippen LogP contribution in [0.15, 0.2) is 61.2 Å². The van der Waals surface area contributed by atoms with Crippen LogP contribution in [-0.4, -0.2) is 38.7 Å². The van der Waals surface area contributed by atoms with E-state index >= 15 is 0 Å². The third-order valence-electron chi connectivity index (χ3n) is 3.93. The van der Waals surface area contributed by atoms with E-state index in [-0.39, 0.29) is 5.91 Å². The van der Waals surface area contributed by atoms with Gasteiger partial charge in [0.05, 0.1) is 14.2 Å². The SMILES string of the molecule is C=CCOc1ccc(CN(C)C(=O)/C=C/c2cccc(OC)c2OC)cc1. The summed E-state index contributed by atoms with van der Waals surface area (Å²) in [6.07, 6.45) is 4.95. The Hall–Kier alpha value is -3.21. The maximum absolute atomic E-state index is 12.4. The van der Waals surface area contributed by atoms with E-state index in [9.17, 15) is 4.79 Å². The molecule has 1 amide bonds. The van der Waals surface area contributed by atoms with Gasteiger partial charge in [0, 0.05) is 25.2 Å². The van der Waals surface area contributed by atoms with Gasteiger partial charge in [-0.05, 0) is 29.8 Å². The van der Waals surface area contributed by atoms with E-state index < -0.39 is 0 Å². The Kier molecular flexibility index (Phi) is 7.49. The molecule has 0 heterocycles. The molecule has 0 bridgehead atoms. The number of hydrogen-bond acceptors (Lipinski definition) is 4. The molecular weight excluding hydrogens is 342 g/mol. The van der Waals surface area contributed by atoms with E-state index in [2.05, 4.69) is 6.58 Å². The molecule has 5 heteroatoms. The van der Waals surface area contributed by atoms with Gasteiger partial charge < -0.3 is 19.1 Å². The molecule has 0 saturated carbocycles. The average molecular weight is 367 g/mol. The van der Waals surface area contributed by atoms with Crippen LogP contribution in [0.1, 0.15) is 11.1 Å². The van der Waals surface area contributed by atoms with Gasteiger partial charge >= 0.3 is 0 Å². The van der Waals surface area contributed by atoms with Gasteiger partial charge in [-0.25, -0.2) is 0 Å². The van der Waals surface area contributed by atoms with Crippen LogP contribution in [0.4, 0.5) is 0 Å². The molecule has 0 N–H and O–H groups in total. The van der Waals surface area contributed by atoms with Gasteiger partial charge in [-0.2, -0.15) is 0 Å². The highest BCUT2D eigenvalue weighted by Gasteiger charge is 2.09. The lowest BCUT2D eigenvalue weighted by atomic mass is 10.1. The minimum Gasteiger partial charge on any atom is -0.493 e. The number of hydrogen-bond donors (Lipinski definition) is 0. The number of carbonyl (C=O) groups excluding carboxylic acids is 1. The Balaban J connectivity index is 2.01. The minimum atomic E-state index is -0.105. The van der Waals surface area contributed by atoms with Gasteiger partial charge in [-0.15, -0.1) is 0 Å². The van der Waals surface area contributed by atoms with E-state index in [0.717, 1.165) is 16.9 Å². The van der Waals surface area contributed by atoms with E-state index in [4.69, 9.17) is 14.2 Å². The molecule has 0 aliphatic rings. The smallest absolute Gasteiger partial charge is 0.246 e. The van der Waals surface area contributed by atoms with Crippen LogP contribution in [0.2, 0.25) is 0 Å². The normalized spacial score (nSPS) is 10.5. The number of amides is 1. The van der Waals surface area contributed by atoms with Crippen molar-refractivity contribution >= 4 is 12.0 Å². The summed E-state index contributed by atoms with van der Waals surface area (Å²) < 4.78 is 16.1. The van der Waals surface area contributed by atoms with E-state index in [1.54, 1.807) is 38.3 Å². The van der Waals surface area contributed by atoms with Crippen LogP contribution >= 0.6 is 0 Å². The fourth-order valence-electron chi connectivity index (χ4n) is 2.53. The average Bonchev–Trinajstić information content (AvgIpc) is 2.70. The molecule has 2 aromatic carbocycles. The minimum absolute atomic E-state index is 0.105. The van der Waals surface area contributed by atoms with Crippen molar-refractivity contribution in [1.82, 2.24) is 4.90 Å². The molecule has 27 heavy (non-hydrogen) atoms. The van der Waals surface area contributed by atoms with Crippen LogP contribution in [0.25, 0.3) is 6.08 Å². The molecule has 0 aromatic heterocycles. The molecule has 0 unspecified atom stereocenters. The van der Waals surface area contributed by atoms with Gasteiger partial charge in [0.1, 0.15) is 12.4 Å². The van der Waals surface area contributed by atoms with Crippen molar-refractivity contribution in [3.8, 4) is 17.2 Å². The summed E-state index contributed by atoms with van der Waals surface area (Å²) >= 11 is 0. The zero-order valence-electron chi connectivity index (χ0n) is 16.0. The second kappa shape index (κ2) is 10.1. The molecule has 0 aliphatic carbocycles. The fourth-order valence-corrected chi connectivity index (χ4v) is 2.53. The summed E-state index contributed by atoms with van der Waals surface area (Å²) in [7, 11) is 4.92. The lowest BCUT2D eigenvalue weighted by molar-refractivity contribution is -0.125. The molecule has 0 radical (unpaired) electrons. The first-order valence-electron chi connectivity index (χ1n) is 8.55. The maximum atomic E-state index is 12.4. The van der Waals surface area contributed by atoms with Gasteiger partial charge in [0.25, 0.3) is 0 Å². The quantitative estimate of drug-likeness (QED) is 0.498. The highest BCUT2D eigenvalue weighted by Crippen LogP contribution is 2.31. The van der Waals surface area contributed by atoms with Gasteiger partial charge in [-0.3, -0.25) is 4.79 Å². The molecule has 142 valence electrons. The Morgan fingerprint density at radius 3 is 2.48 bits per heavy atom. The Morgan fingerprint density at radius 1 is 1.11 bits per heavy atom. The highest BCUT2D eigenvalue weighted by atomic mass is 16.5. The van der Waals surface area contributed by atoms with Crippen LogP contribution in [0, 0.1) is 0 Å². The van der Waals surface area contributed by atoms with Crippen molar-refractivity contribution in [3.05, 3.63) is 72.3 Å². The largest absolute Gasteiger partial charge is 0.493 e. The molecule has 0 atom stereocenters. The second-order valence-corrected chi connectivity index (χ2v) is 5.85. The molecule has 2 rings (SSSR count). The lowest BCUT2D eigenvalue weighted by Crippen LogP contribution is -2.24. The number of benzene rings is 2. The number of rotatable bonds is 9. The monoisotopic (exact) mass is 367 g/mol. The van der Waals surface area contributed by atoms with E-state index in [1.807, 2.05) is 42.5 Å². The number of para-hydroxylation sites is 1. The van der Waals surface area contributed by atoms with Gasteiger partial charge in [0.15, 0.2) is 11.5 Å². The first-order valence-corrected chi connectivity index (χ1v) is 8.55. The second-order valence-electron chi connectivity index (χ2n) is 5.85. The van der Waals surface area contributed by atoms with Crippen molar-refractivity contribution in [1.29, 1.82) is 0 Å². The summed E-state index contributed by atoms with van der Waals surface area (Å²) in [5, 5.41) is 0. The molecular formula is C22H25NO4. The van der Waals surface area contributed by atoms with Gasteiger partial charge in [0.2, 0.25) is 5.91 Å². The third-order valence-corrected chi connectivity index (χ3v) is 3.93. The van der Waals surface area contributed by atoms with E-state index in [0.29, 0.717) is 24.7 Å². The summed E-state index contributed by atoms with van der Waals surface area (Å²) in [6.45, 7) is 4.59. The van der Waals surface area contributed by atoms with Crippen molar-refractivity contribution in [2.75, 3.05) is 27.9 Å². The van der Waals surface area contributed by atoms with Crippen molar-refractivity contribution in [2.24, 2.45) is 0 Å². The number of carbonyl (C=O) groups is 1. The zero-order valence-corrected chi connectivity index (χ0v) is 16.0. The number of nitrogens with zero attached hydrogens (tertiary/aromatic N) is 1. The molecule has 0 aliphatic heterocycles. The summed E-state index contributed by atoms with van der Waals surface area (Å²) in [4.78, 5) is 14.1. The van der Waals surface area contributed by atoms with Crippen molar-refractivity contribution in [3.63, 3.8) is 0 Å². The Bertz CT molecular complexity index is 796. The Labute approximate surface area is 160 Å². The van der Waals surface area contributed by atoms with Crippen LogP contribution in [-0.2, 0) is 11.3 Å². The zero-order chi connectivity index (χ0) is 19.6. The van der Waals surface area contributed by atoms with Crippen molar-refractivity contribution in [2.45, 2.75) is 6.54 Å². The molecule has 0 fully saturated rings. The first kappa shape index (κ1) is 20.1. The van der Waals surface area contributed by atoms with Crippen LogP contribution in [0.3, 0.4) is 0 Å². The predicted molar refractivity (Wildman–Crippen MR) is 107 cm³/mol. The molecule has 0 spiro atoms. The number of methoxy groups -OCH3 is 2. The summed E-state index contributed by atoms with van der Waals surface area (Å²) in [5.74, 6) is 1.89. The first-order chi connectivity index (χ1) is 13.1. The summed E-state index contributed by atoms with van der Waals surface area (Å²) in [6, 6.07) is 13.2. The van der Waals surface area contributed by atoms with E-state index in [1.165, 1.54) is 6.08 Å². The fraction of sp³-hybridized carbons (Fsp3) is 0.227. The topological polar surface area (TPSA) is 48.0 Å². The van der Waals surface area contributed by atoms with Crippen LogP contribution < -0.4 is 14.2 Å². The van der Waals surface area contributed by atoms with Crippen LogP contribution in [0.5, 0.6) is 17.2 Å². The standard InChI is InChI=1S/C22H25NO4/c1-5-15-27-19-12-9-17(10-13-19)16-23(2)21(24)14-11-18-7-6-8-20(25-3)22(18)26-4/h5-14H,1,15-16H2,2-4H3/b14-11+. The maximum Gasteiger partial charge on any atom is 0.246 e. The molecule has 5 nitrogen and oxygen atoms in total. The summed E-state index contributed by atoms with van der Waals surface area (Å²) in [5.41, 5.74) is 1.80. The third kappa shape index (κ3) is 5.64. The Morgan fingerprint density at radius 2 is 1.85 bits per heavy atom. The number of ether oxygens (including phenoxy) is 3.